The number of hydrogen-bond donors (Lipinski definition) is 2. The quantitative estimate of drug-likeness (QED) is 0.851. The highest BCUT2D eigenvalue weighted by Gasteiger charge is 2.18. The van der Waals surface area contributed by atoms with Crippen molar-refractivity contribution in [1.29, 1.82) is 0 Å². The Kier molecular flexibility index (Phi) is 4.28. The van der Waals surface area contributed by atoms with E-state index in [1.54, 1.807) is 6.20 Å². The molecule has 2 aromatic rings. The number of hydrogen-bond acceptors (Lipinski definition) is 4. The SMILES string of the molecule is CC(C)c1cc2c(NCC(C)(C)CCO)nccn2n1. The van der Waals surface area contributed by atoms with Crippen molar-refractivity contribution in [2.45, 2.75) is 40.0 Å². The van der Waals surface area contributed by atoms with Gasteiger partial charge in [0.2, 0.25) is 0 Å². The van der Waals surface area contributed by atoms with Crippen LogP contribution in [0.15, 0.2) is 18.5 Å². The Hall–Kier alpha value is -1.62. The normalized spacial score (nSPS) is 12.3. The average molecular weight is 276 g/mol. The van der Waals surface area contributed by atoms with E-state index in [2.05, 4.69) is 49.2 Å². The van der Waals surface area contributed by atoms with Crippen molar-refractivity contribution in [3.8, 4) is 0 Å². The molecule has 0 amide bonds. The maximum atomic E-state index is 9.08. The van der Waals surface area contributed by atoms with Gasteiger partial charge in [-0.05, 0) is 23.8 Å². The van der Waals surface area contributed by atoms with E-state index < -0.39 is 0 Å². The maximum absolute atomic E-state index is 9.08. The molecular formula is C15H24N4O. The van der Waals surface area contributed by atoms with Gasteiger partial charge in [-0.2, -0.15) is 5.10 Å². The molecule has 5 nitrogen and oxygen atoms in total. The minimum Gasteiger partial charge on any atom is -0.396 e. The van der Waals surface area contributed by atoms with E-state index >= 15 is 0 Å². The van der Waals surface area contributed by atoms with Gasteiger partial charge in [-0.15, -0.1) is 0 Å². The average Bonchev–Trinajstić information content (AvgIpc) is 2.80. The van der Waals surface area contributed by atoms with Gasteiger partial charge in [-0.3, -0.25) is 0 Å². The molecular weight excluding hydrogens is 252 g/mol. The second-order valence-electron chi connectivity index (χ2n) is 6.32. The van der Waals surface area contributed by atoms with Gasteiger partial charge in [0.25, 0.3) is 0 Å². The standard InChI is InChI=1S/C15H24N4O/c1-11(2)12-9-13-14(16-6-7-19(13)18-12)17-10-15(3,4)5-8-20/h6-7,9,11,20H,5,8,10H2,1-4H3,(H,16,17). The second kappa shape index (κ2) is 5.79. The lowest BCUT2D eigenvalue weighted by Crippen LogP contribution is -2.24. The molecule has 20 heavy (non-hydrogen) atoms. The van der Waals surface area contributed by atoms with Crippen molar-refractivity contribution in [1.82, 2.24) is 14.6 Å². The molecule has 0 aliphatic heterocycles. The molecule has 2 heterocycles. The topological polar surface area (TPSA) is 62.5 Å². The van der Waals surface area contributed by atoms with Crippen molar-refractivity contribution in [3.63, 3.8) is 0 Å². The molecule has 0 radical (unpaired) electrons. The molecule has 0 aliphatic rings. The first-order chi connectivity index (χ1) is 9.43. The summed E-state index contributed by atoms with van der Waals surface area (Å²) in [6.07, 6.45) is 4.39. The van der Waals surface area contributed by atoms with E-state index in [0.717, 1.165) is 30.0 Å². The first-order valence-corrected chi connectivity index (χ1v) is 7.12. The van der Waals surface area contributed by atoms with Crippen LogP contribution < -0.4 is 5.32 Å². The van der Waals surface area contributed by atoms with E-state index in [9.17, 15) is 0 Å². The Balaban J connectivity index is 2.22. The van der Waals surface area contributed by atoms with E-state index in [1.807, 2.05) is 10.7 Å². The van der Waals surface area contributed by atoms with Crippen molar-refractivity contribution in [2.75, 3.05) is 18.5 Å². The van der Waals surface area contributed by atoms with Gasteiger partial charge < -0.3 is 10.4 Å². The number of anilines is 1. The van der Waals surface area contributed by atoms with Gasteiger partial charge in [0.05, 0.1) is 5.69 Å². The molecule has 0 bridgehead atoms. The lowest BCUT2D eigenvalue weighted by molar-refractivity contribution is 0.220. The molecule has 0 unspecified atom stereocenters. The zero-order valence-corrected chi connectivity index (χ0v) is 12.7. The number of nitrogens with zero attached hydrogens (tertiary/aromatic N) is 3. The number of aromatic nitrogens is 3. The van der Waals surface area contributed by atoms with E-state index in [-0.39, 0.29) is 12.0 Å². The Labute approximate surface area is 120 Å². The molecule has 0 aliphatic carbocycles. The molecule has 2 rings (SSSR count). The Morgan fingerprint density at radius 3 is 2.80 bits per heavy atom. The van der Waals surface area contributed by atoms with Crippen LogP contribution in [0.1, 0.15) is 45.7 Å². The summed E-state index contributed by atoms with van der Waals surface area (Å²) < 4.78 is 1.86. The van der Waals surface area contributed by atoms with E-state index in [0.29, 0.717) is 5.92 Å². The number of aliphatic hydroxyl groups excluding tert-OH is 1. The predicted octanol–water partition coefficient (Wildman–Crippen LogP) is 2.67. The summed E-state index contributed by atoms with van der Waals surface area (Å²) in [5.41, 5.74) is 2.09. The molecule has 0 fully saturated rings. The number of nitrogens with one attached hydrogen (secondary N) is 1. The number of fused-ring (bicyclic) bond motifs is 1. The van der Waals surface area contributed by atoms with Crippen LogP contribution in [-0.4, -0.2) is 32.9 Å². The fraction of sp³-hybridized carbons (Fsp3) is 0.600. The molecule has 0 spiro atoms. The largest absolute Gasteiger partial charge is 0.396 e. The summed E-state index contributed by atoms with van der Waals surface area (Å²) in [6, 6.07) is 2.08. The third-order valence-corrected chi connectivity index (χ3v) is 3.52. The van der Waals surface area contributed by atoms with Gasteiger partial charge in [0.1, 0.15) is 5.52 Å². The third kappa shape index (κ3) is 3.28. The molecule has 0 saturated heterocycles. The number of rotatable bonds is 6. The number of aliphatic hydroxyl groups is 1. The highest BCUT2D eigenvalue weighted by molar-refractivity contribution is 5.67. The Morgan fingerprint density at radius 1 is 1.40 bits per heavy atom. The van der Waals surface area contributed by atoms with Crippen molar-refractivity contribution in [2.24, 2.45) is 5.41 Å². The van der Waals surface area contributed by atoms with Crippen LogP contribution in [0.4, 0.5) is 5.82 Å². The zero-order chi connectivity index (χ0) is 14.8. The summed E-state index contributed by atoms with van der Waals surface area (Å²) in [7, 11) is 0. The van der Waals surface area contributed by atoms with Crippen LogP contribution in [0, 0.1) is 5.41 Å². The summed E-state index contributed by atoms with van der Waals surface area (Å²) >= 11 is 0. The molecule has 110 valence electrons. The van der Waals surface area contributed by atoms with Crippen molar-refractivity contribution < 1.29 is 5.11 Å². The Bertz CT molecular complexity index is 574. The zero-order valence-electron chi connectivity index (χ0n) is 12.7. The smallest absolute Gasteiger partial charge is 0.152 e. The van der Waals surface area contributed by atoms with Crippen LogP contribution in [0.3, 0.4) is 0 Å². The summed E-state index contributed by atoms with van der Waals surface area (Å²) in [5, 5.41) is 17.0. The van der Waals surface area contributed by atoms with Crippen LogP contribution in [-0.2, 0) is 0 Å². The minimum atomic E-state index is 0.0319. The molecule has 0 aromatic carbocycles. The van der Waals surface area contributed by atoms with Gasteiger partial charge in [0, 0.05) is 25.5 Å². The monoisotopic (exact) mass is 276 g/mol. The molecule has 0 saturated carbocycles. The van der Waals surface area contributed by atoms with E-state index in [1.165, 1.54) is 0 Å². The molecule has 2 aromatic heterocycles. The lowest BCUT2D eigenvalue weighted by Gasteiger charge is -2.24. The van der Waals surface area contributed by atoms with Gasteiger partial charge >= 0.3 is 0 Å². The van der Waals surface area contributed by atoms with Gasteiger partial charge in [-0.25, -0.2) is 9.50 Å². The summed E-state index contributed by atoms with van der Waals surface area (Å²) in [5.74, 6) is 1.24. The first-order valence-electron chi connectivity index (χ1n) is 7.12. The van der Waals surface area contributed by atoms with Crippen molar-refractivity contribution >= 4 is 11.3 Å². The van der Waals surface area contributed by atoms with Crippen LogP contribution in [0.5, 0.6) is 0 Å². The van der Waals surface area contributed by atoms with Crippen molar-refractivity contribution in [3.05, 3.63) is 24.2 Å². The third-order valence-electron chi connectivity index (χ3n) is 3.52. The summed E-state index contributed by atoms with van der Waals surface area (Å²) in [6.45, 7) is 9.50. The molecule has 2 N–H and O–H groups in total. The van der Waals surface area contributed by atoms with Crippen LogP contribution in [0.25, 0.3) is 5.52 Å². The predicted molar refractivity (Wildman–Crippen MR) is 81.0 cm³/mol. The minimum absolute atomic E-state index is 0.0319. The fourth-order valence-corrected chi connectivity index (χ4v) is 2.07. The molecule has 0 atom stereocenters. The highest BCUT2D eigenvalue weighted by atomic mass is 16.3. The first kappa shape index (κ1) is 14.8. The van der Waals surface area contributed by atoms with Gasteiger partial charge in [-0.1, -0.05) is 27.7 Å². The maximum Gasteiger partial charge on any atom is 0.152 e. The second-order valence-corrected chi connectivity index (χ2v) is 6.32. The van der Waals surface area contributed by atoms with Gasteiger partial charge in [0.15, 0.2) is 5.82 Å². The fourth-order valence-electron chi connectivity index (χ4n) is 2.07. The van der Waals surface area contributed by atoms with Crippen LogP contribution in [0.2, 0.25) is 0 Å². The van der Waals surface area contributed by atoms with E-state index in [4.69, 9.17) is 5.11 Å². The highest BCUT2D eigenvalue weighted by Crippen LogP contribution is 2.23. The summed E-state index contributed by atoms with van der Waals surface area (Å²) in [4.78, 5) is 4.41. The lowest BCUT2D eigenvalue weighted by atomic mass is 9.90. The van der Waals surface area contributed by atoms with Crippen LogP contribution >= 0.6 is 0 Å². The Morgan fingerprint density at radius 2 is 2.15 bits per heavy atom. The molecule has 5 heteroatoms.